The van der Waals surface area contributed by atoms with Crippen LogP contribution in [0.5, 0.6) is 0 Å². The van der Waals surface area contributed by atoms with Crippen LogP contribution in [0.25, 0.3) is 32.9 Å². The Hall–Kier alpha value is -8.91. The Labute approximate surface area is 524 Å². The van der Waals surface area contributed by atoms with Crippen LogP contribution in [0.1, 0.15) is 33.7 Å². The van der Waals surface area contributed by atoms with E-state index >= 15 is 4.39 Å². The van der Waals surface area contributed by atoms with E-state index in [4.69, 9.17) is 35.3 Å². The molecule has 1 aliphatic heterocycles. The summed E-state index contributed by atoms with van der Waals surface area (Å²) in [6.07, 6.45) is -2.89. The average molecular weight is 1290 g/mol. The van der Waals surface area contributed by atoms with E-state index in [9.17, 15) is 41.9 Å². The van der Waals surface area contributed by atoms with Crippen molar-refractivity contribution in [2.24, 2.45) is 0 Å². The normalized spacial score (nSPS) is 12.7. The summed E-state index contributed by atoms with van der Waals surface area (Å²) >= 11 is 6.40. The fraction of sp³-hybridized carbons (Fsp3) is 0.400. The number of methoxy groups -OCH3 is 1. The van der Waals surface area contributed by atoms with Crippen LogP contribution in [0, 0.1) is 5.82 Å². The van der Waals surface area contributed by atoms with Crippen molar-refractivity contribution in [3.05, 3.63) is 113 Å². The Kier molecular flexibility index (Phi) is 25.2. The lowest BCUT2D eigenvalue weighted by Gasteiger charge is -2.36. The molecule has 3 aromatic heterocycles. The van der Waals surface area contributed by atoms with E-state index in [0.29, 0.717) is 80.9 Å². The standard InChI is InChI=1S/C60H69ClF4N14O12/c1-66-58(85)43-6-3-4-8-47(43)73-57-45(61)35-70-59(74-57)72-40-10-12-41(13-11-40)77-19-17-76(18-20-77)21-23-88-25-27-90-29-31-91-30-28-89-26-24-87-22-16-67-50(80)14-15-53(83)79-49-33-44(46(62)32-39(49)34-71-79)42-7-5-9-48-55(42)56(60(63,64)65)75-78(48)38-52(82)68-36-51(81)69-37-54(84)86-2/h3-13,32-35H,14-31,36-38H2,1-2H3,(H,66,85)(H,67,80)(H,68,82)(H,69,81)(H2,70,72,73,74). The van der Waals surface area contributed by atoms with Crippen LogP contribution in [0.4, 0.5) is 46.4 Å². The van der Waals surface area contributed by atoms with Gasteiger partial charge in [-0.1, -0.05) is 35.9 Å². The van der Waals surface area contributed by atoms with E-state index in [1.807, 2.05) is 18.2 Å². The van der Waals surface area contributed by atoms with E-state index < -0.39 is 72.3 Å². The number of esters is 1. The van der Waals surface area contributed by atoms with E-state index in [0.717, 1.165) is 66.6 Å². The van der Waals surface area contributed by atoms with Crippen molar-refractivity contribution in [2.45, 2.75) is 25.6 Å². The Morgan fingerprint density at radius 3 is 2.03 bits per heavy atom. The van der Waals surface area contributed by atoms with Crippen molar-refractivity contribution >= 4 is 97.7 Å². The van der Waals surface area contributed by atoms with Crippen molar-refractivity contribution in [3.63, 3.8) is 0 Å². The number of rotatable bonds is 34. The molecule has 1 fully saturated rings. The SMILES string of the molecule is CNC(=O)c1ccccc1Nc1nc(Nc2ccc(N3CCN(CCOCCOCCOCCOCCOCCNC(=O)CCC(=O)n4ncc5cc(F)c(-c6cccc7c6c(C(F)(F)F)nn7CC(=O)NCC(=O)NCC(=O)OC)cc54)CC3)cc2)ncc1Cl. The molecule has 26 nitrogen and oxygen atoms in total. The predicted octanol–water partition coefficient (Wildman–Crippen LogP) is 5.35. The number of aromatic nitrogens is 6. The van der Waals surface area contributed by atoms with Gasteiger partial charge in [0.1, 0.15) is 23.9 Å². The van der Waals surface area contributed by atoms with E-state index in [1.165, 1.54) is 36.7 Å². The number of nitrogens with one attached hydrogen (secondary N) is 6. The number of carbonyl (C=O) groups is 6. The monoisotopic (exact) mass is 1290 g/mol. The number of fused-ring (bicyclic) bond motifs is 2. The van der Waals surface area contributed by atoms with E-state index in [2.05, 4.69) is 78.7 Å². The van der Waals surface area contributed by atoms with Gasteiger partial charge < -0.3 is 65.2 Å². The number of carbonyl (C=O) groups excluding carboxylic acids is 6. The third kappa shape index (κ3) is 19.8. The number of anilines is 5. The number of benzene rings is 4. The van der Waals surface area contributed by atoms with Gasteiger partial charge >= 0.3 is 12.1 Å². The molecule has 4 aromatic carbocycles. The number of ether oxygens (including phenoxy) is 6. The van der Waals surface area contributed by atoms with Crippen molar-refractivity contribution in [3.8, 4) is 11.1 Å². The molecular weight excluding hydrogens is 1220 g/mol. The predicted molar refractivity (Wildman–Crippen MR) is 327 cm³/mol. The smallest absolute Gasteiger partial charge is 0.435 e. The topological polar surface area (TPSA) is 298 Å². The first kappa shape index (κ1) is 68.0. The number of hydrogen-bond acceptors (Lipinski definition) is 20. The number of hydrogen-bond donors (Lipinski definition) is 6. The van der Waals surface area contributed by atoms with Crippen LogP contribution in [-0.4, -0.2) is 203 Å². The van der Waals surface area contributed by atoms with Crippen LogP contribution in [-0.2, 0) is 60.3 Å². The fourth-order valence-electron chi connectivity index (χ4n) is 9.43. The molecule has 6 N–H and O–H groups in total. The number of para-hydroxylation sites is 1. The molecule has 4 amide bonds. The molecule has 31 heteroatoms. The first-order valence-electron chi connectivity index (χ1n) is 29.0. The molecule has 1 aliphatic rings. The van der Waals surface area contributed by atoms with Crippen LogP contribution in [0.3, 0.4) is 0 Å². The van der Waals surface area contributed by atoms with Gasteiger partial charge in [-0.2, -0.15) is 28.4 Å². The van der Waals surface area contributed by atoms with E-state index in [1.54, 1.807) is 25.2 Å². The molecule has 0 saturated carbocycles. The molecule has 8 rings (SSSR count). The minimum Gasteiger partial charge on any atom is -0.468 e. The van der Waals surface area contributed by atoms with E-state index in [-0.39, 0.29) is 66.1 Å². The zero-order valence-corrected chi connectivity index (χ0v) is 50.6. The van der Waals surface area contributed by atoms with Gasteiger partial charge in [0.2, 0.25) is 29.6 Å². The summed E-state index contributed by atoms with van der Waals surface area (Å²) in [5, 5.41) is 23.8. The maximum Gasteiger partial charge on any atom is 0.435 e. The molecule has 91 heavy (non-hydrogen) atoms. The summed E-state index contributed by atoms with van der Waals surface area (Å²) in [4.78, 5) is 87.9. The quantitative estimate of drug-likeness (QED) is 0.0168. The summed E-state index contributed by atoms with van der Waals surface area (Å²) in [6.45, 7) is 6.45. The van der Waals surface area contributed by atoms with Crippen LogP contribution < -0.4 is 36.8 Å². The lowest BCUT2D eigenvalue weighted by molar-refractivity contribution is -0.141. The van der Waals surface area contributed by atoms with Crippen LogP contribution in [0.2, 0.25) is 5.02 Å². The molecule has 0 unspecified atom stereocenters. The lowest BCUT2D eigenvalue weighted by Crippen LogP contribution is -2.47. The summed E-state index contributed by atoms with van der Waals surface area (Å²) < 4.78 is 93.5. The number of halogens is 5. The molecule has 0 spiro atoms. The molecule has 4 heterocycles. The molecular formula is C60H69ClF4N14O12. The Morgan fingerprint density at radius 1 is 0.681 bits per heavy atom. The van der Waals surface area contributed by atoms with Crippen molar-refractivity contribution in [2.75, 3.05) is 148 Å². The Balaban J connectivity index is 0.634. The second-order valence-corrected chi connectivity index (χ2v) is 20.6. The number of piperazine rings is 1. The van der Waals surface area contributed by atoms with Gasteiger partial charge in [-0.05, 0) is 60.2 Å². The van der Waals surface area contributed by atoms with Crippen molar-refractivity contribution in [1.82, 2.24) is 55.7 Å². The molecule has 486 valence electrons. The highest BCUT2D eigenvalue weighted by atomic mass is 35.5. The summed E-state index contributed by atoms with van der Waals surface area (Å²) in [6, 6.07) is 21.2. The lowest BCUT2D eigenvalue weighted by atomic mass is 9.98. The first-order valence-corrected chi connectivity index (χ1v) is 29.4. The highest BCUT2D eigenvalue weighted by molar-refractivity contribution is 6.33. The Morgan fingerprint density at radius 2 is 1.35 bits per heavy atom. The van der Waals surface area contributed by atoms with Gasteiger partial charge in [0.05, 0.1) is 114 Å². The minimum atomic E-state index is -5.06. The largest absolute Gasteiger partial charge is 0.468 e. The second-order valence-electron chi connectivity index (χ2n) is 20.2. The number of alkyl halides is 3. The fourth-order valence-corrected chi connectivity index (χ4v) is 9.57. The molecule has 0 radical (unpaired) electrons. The third-order valence-electron chi connectivity index (χ3n) is 14.1. The second kappa shape index (κ2) is 33.8. The van der Waals surface area contributed by atoms with Gasteiger partial charge in [-0.25, -0.2) is 14.1 Å². The summed E-state index contributed by atoms with van der Waals surface area (Å²) in [7, 11) is 2.68. The highest BCUT2D eigenvalue weighted by Crippen LogP contribution is 2.41. The first-order chi connectivity index (χ1) is 44.0. The molecule has 1 saturated heterocycles. The summed E-state index contributed by atoms with van der Waals surface area (Å²) in [5.41, 5.74) is 0.833. The summed E-state index contributed by atoms with van der Waals surface area (Å²) in [5.74, 6) is -3.95. The van der Waals surface area contributed by atoms with Crippen LogP contribution in [0.15, 0.2) is 91.3 Å². The van der Waals surface area contributed by atoms with Crippen molar-refractivity contribution in [1.29, 1.82) is 0 Å². The molecule has 0 atom stereocenters. The highest BCUT2D eigenvalue weighted by Gasteiger charge is 2.38. The van der Waals surface area contributed by atoms with Gasteiger partial charge in [0.25, 0.3) is 5.91 Å². The maximum absolute atomic E-state index is 15.8. The molecule has 0 aliphatic carbocycles. The van der Waals surface area contributed by atoms with Gasteiger partial charge in [-0.3, -0.25) is 38.3 Å². The van der Waals surface area contributed by atoms with Crippen LogP contribution >= 0.6 is 11.6 Å². The molecule has 0 bridgehead atoms. The maximum atomic E-state index is 15.8. The average Bonchev–Trinajstić information content (AvgIpc) is 1.62. The zero-order chi connectivity index (χ0) is 64.7. The Bertz CT molecular complexity index is 3630. The van der Waals surface area contributed by atoms with Gasteiger partial charge in [0.15, 0.2) is 11.5 Å². The number of nitrogens with zero attached hydrogens (tertiary/aromatic N) is 8. The minimum absolute atomic E-state index is 0.0625. The van der Waals surface area contributed by atoms with Gasteiger partial charge in [0, 0.05) is 86.9 Å². The zero-order valence-electron chi connectivity index (χ0n) is 49.9. The number of amides is 4. The van der Waals surface area contributed by atoms with Crippen molar-refractivity contribution < 1.29 is 74.8 Å². The third-order valence-corrected chi connectivity index (χ3v) is 14.3. The molecule has 7 aromatic rings. The van der Waals surface area contributed by atoms with Gasteiger partial charge in [-0.15, -0.1) is 0 Å².